The normalized spacial score (nSPS) is 13.4. The van der Waals surface area contributed by atoms with Crippen molar-refractivity contribution in [1.29, 1.82) is 0 Å². The van der Waals surface area contributed by atoms with Gasteiger partial charge in [0.25, 0.3) is 5.91 Å². The SMILES string of the molecule is COc1cccc(NC(=O)[C@H](C)OC(=O)/C=C/c2cc(OC)c3c(c2)OCCO3)c1. The minimum atomic E-state index is -0.983. The van der Waals surface area contributed by atoms with Crippen LogP contribution in [-0.2, 0) is 14.3 Å². The van der Waals surface area contributed by atoms with E-state index in [9.17, 15) is 9.59 Å². The Morgan fingerprint density at radius 2 is 1.90 bits per heavy atom. The Balaban J connectivity index is 1.60. The molecule has 30 heavy (non-hydrogen) atoms. The van der Waals surface area contributed by atoms with Crippen LogP contribution in [0.1, 0.15) is 12.5 Å². The third-order valence-corrected chi connectivity index (χ3v) is 4.26. The molecular formula is C22H23NO7. The van der Waals surface area contributed by atoms with Gasteiger partial charge < -0.3 is 29.0 Å². The fourth-order valence-corrected chi connectivity index (χ4v) is 2.77. The zero-order valence-corrected chi connectivity index (χ0v) is 17.0. The van der Waals surface area contributed by atoms with Crippen LogP contribution in [0.4, 0.5) is 5.69 Å². The molecule has 0 aliphatic carbocycles. The smallest absolute Gasteiger partial charge is 0.331 e. The van der Waals surface area contributed by atoms with E-state index in [1.165, 1.54) is 27.2 Å². The summed E-state index contributed by atoms with van der Waals surface area (Å²) in [5.74, 6) is 1.08. The molecule has 1 amide bonds. The Morgan fingerprint density at radius 1 is 1.10 bits per heavy atom. The van der Waals surface area contributed by atoms with Crippen LogP contribution in [0.15, 0.2) is 42.5 Å². The van der Waals surface area contributed by atoms with Crippen LogP contribution < -0.4 is 24.3 Å². The zero-order chi connectivity index (χ0) is 21.5. The minimum absolute atomic E-state index is 0.436. The molecule has 0 bridgehead atoms. The molecule has 1 aliphatic rings. The van der Waals surface area contributed by atoms with E-state index in [2.05, 4.69) is 5.32 Å². The lowest BCUT2D eigenvalue weighted by Crippen LogP contribution is -2.29. The molecule has 0 saturated carbocycles. The number of carbonyl (C=O) groups excluding carboxylic acids is 2. The second-order valence-electron chi connectivity index (χ2n) is 6.38. The van der Waals surface area contributed by atoms with Crippen LogP contribution >= 0.6 is 0 Å². The van der Waals surface area contributed by atoms with Gasteiger partial charge >= 0.3 is 5.97 Å². The molecule has 1 aliphatic heterocycles. The maximum absolute atomic E-state index is 12.3. The highest BCUT2D eigenvalue weighted by Gasteiger charge is 2.19. The molecule has 8 nitrogen and oxygen atoms in total. The van der Waals surface area contributed by atoms with Crippen LogP contribution in [0, 0.1) is 0 Å². The minimum Gasteiger partial charge on any atom is -0.497 e. The molecule has 1 atom stereocenters. The van der Waals surface area contributed by atoms with Gasteiger partial charge in [-0.2, -0.15) is 0 Å². The number of anilines is 1. The summed E-state index contributed by atoms with van der Waals surface area (Å²) in [6.07, 6.45) is 1.80. The molecule has 1 heterocycles. The first-order valence-corrected chi connectivity index (χ1v) is 9.31. The van der Waals surface area contributed by atoms with Crippen molar-refractivity contribution in [2.75, 3.05) is 32.8 Å². The summed E-state index contributed by atoms with van der Waals surface area (Å²) in [6, 6.07) is 10.3. The van der Waals surface area contributed by atoms with E-state index in [-0.39, 0.29) is 0 Å². The molecule has 2 aromatic rings. The van der Waals surface area contributed by atoms with Gasteiger partial charge in [-0.05, 0) is 42.8 Å². The predicted octanol–water partition coefficient (Wildman–Crippen LogP) is 3.06. The zero-order valence-electron chi connectivity index (χ0n) is 17.0. The second kappa shape index (κ2) is 9.69. The van der Waals surface area contributed by atoms with E-state index in [4.69, 9.17) is 23.7 Å². The first kappa shape index (κ1) is 21.0. The van der Waals surface area contributed by atoms with Crippen molar-refractivity contribution in [2.45, 2.75) is 13.0 Å². The Hall–Kier alpha value is -3.68. The lowest BCUT2D eigenvalue weighted by atomic mass is 10.1. The number of esters is 1. The van der Waals surface area contributed by atoms with E-state index in [1.54, 1.807) is 42.5 Å². The molecular weight excluding hydrogens is 390 g/mol. The quantitative estimate of drug-likeness (QED) is 0.551. The summed E-state index contributed by atoms with van der Waals surface area (Å²) in [4.78, 5) is 24.4. The molecule has 1 N–H and O–H groups in total. The van der Waals surface area contributed by atoms with Crippen molar-refractivity contribution < 1.29 is 33.3 Å². The van der Waals surface area contributed by atoms with E-state index >= 15 is 0 Å². The molecule has 0 unspecified atom stereocenters. The van der Waals surface area contributed by atoms with Crippen molar-refractivity contribution in [3.8, 4) is 23.0 Å². The van der Waals surface area contributed by atoms with Gasteiger partial charge in [-0.15, -0.1) is 0 Å². The predicted molar refractivity (Wildman–Crippen MR) is 110 cm³/mol. The van der Waals surface area contributed by atoms with Crippen LogP contribution in [0.5, 0.6) is 23.0 Å². The number of methoxy groups -OCH3 is 2. The van der Waals surface area contributed by atoms with Crippen LogP contribution in [0.3, 0.4) is 0 Å². The molecule has 2 aromatic carbocycles. The number of hydrogen-bond acceptors (Lipinski definition) is 7. The summed E-state index contributed by atoms with van der Waals surface area (Å²) < 4.78 is 26.7. The van der Waals surface area contributed by atoms with Crippen LogP contribution in [-0.4, -0.2) is 45.4 Å². The highest BCUT2D eigenvalue weighted by Crippen LogP contribution is 2.40. The second-order valence-corrected chi connectivity index (χ2v) is 6.38. The molecule has 0 radical (unpaired) electrons. The molecule has 8 heteroatoms. The lowest BCUT2D eigenvalue weighted by Gasteiger charge is -2.20. The third-order valence-electron chi connectivity index (χ3n) is 4.26. The highest BCUT2D eigenvalue weighted by atomic mass is 16.6. The maximum Gasteiger partial charge on any atom is 0.331 e. The van der Waals surface area contributed by atoms with Gasteiger partial charge in [-0.1, -0.05) is 6.07 Å². The standard InChI is InChI=1S/C22H23NO7/c1-14(22(25)23-16-5-4-6-17(13-16)26-2)30-20(24)8-7-15-11-18(27-3)21-19(12-15)28-9-10-29-21/h4-8,11-14H,9-10H2,1-3H3,(H,23,25)/b8-7+/t14-/m0/s1. The molecule has 0 aromatic heterocycles. The lowest BCUT2D eigenvalue weighted by molar-refractivity contribution is -0.148. The number of benzene rings is 2. The van der Waals surface area contributed by atoms with Gasteiger partial charge in [0.2, 0.25) is 5.75 Å². The fourth-order valence-electron chi connectivity index (χ4n) is 2.77. The van der Waals surface area contributed by atoms with Crippen molar-refractivity contribution >= 4 is 23.6 Å². The van der Waals surface area contributed by atoms with Crippen LogP contribution in [0.2, 0.25) is 0 Å². The van der Waals surface area contributed by atoms with E-state index in [0.29, 0.717) is 47.5 Å². The van der Waals surface area contributed by atoms with Gasteiger partial charge in [0.15, 0.2) is 17.6 Å². The van der Waals surface area contributed by atoms with Gasteiger partial charge in [-0.25, -0.2) is 4.79 Å². The van der Waals surface area contributed by atoms with E-state index in [0.717, 1.165) is 0 Å². The van der Waals surface area contributed by atoms with Crippen molar-refractivity contribution in [3.05, 3.63) is 48.0 Å². The first-order valence-electron chi connectivity index (χ1n) is 9.31. The van der Waals surface area contributed by atoms with Gasteiger partial charge in [-0.3, -0.25) is 4.79 Å². The average Bonchev–Trinajstić information content (AvgIpc) is 2.77. The highest BCUT2D eigenvalue weighted by molar-refractivity contribution is 5.96. The Labute approximate surface area is 174 Å². The fraction of sp³-hybridized carbons (Fsp3) is 0.273. The third kappa shape index (κ3) is 5.22. The number of nitrogens with one attached hydrogen (secondary N) is 1. The Morgan fingerprint density at radius 3 is 2.67 bits per heavy atom. The molecule has 0 saturated heterocycles. The first-order chi connectivity index (χ1) is 14.5. The number of ether oxygens (including phenoxy) is 5. The number of carbonyl (C=O) groups is 2. The van der Waals surface area contributed by atoms with Gasteiger partial charge in [0.05, 0.1) is 14.2 Å². The molecule has 158 valence electrons. The van der Waals surface area contributed by atoms with Crippen molar-refractivity contribution in [3.63, 3.8) is 0 Å². The largest absolute Gasteiger partial charge is 0.497 e. The van der Waals surface area contributed by atoms with Crippen molar-refractivity contribution in [1.82, 2.24) is 0 Å². The van der Waals surface area contributed by atoms with Gasteiger partial charge in [0.1, 0.15) is 19.0 Å². The van der Waals surface area contributed by atoms with Crippen LogP contribution in [0.25, 0.3) is 6.08 Å². The number of fused-ring (bicyclic) bond motifs is 1. The average molecular weight is 413 g/mol. The molecule has 0 spiro atoms. The van der Waals surface area contributed by atoms with Gasteiger partial charge in [0, 0.05) is 17.8 Å². The number of rotatable bonds is 7. The Bertz CT molecular complexity index is 937. The topological polar surface area (TPSA) is 92.3 Å². The van der Waals surface area contributed by atoms with E-state index in [1.807, 2.05) is 0 Å². The van der Waals surface area contributed by atoms with Crippen molar-refractivity contribution in [2.24, 2.45) is 0 Å². The number of amides is 1. The Kier molecular flexibility index (Phi) is 6.79. The molecule has 0 fully saturated rings. The summed E-state index contributed by atoms with van der Waals surface area (Å²) in [6.45, 7) is 2.38. The summed E-state index contributed by atoms with van der Waals surface area (Å²) in [5, 5.41) is 2.68. The van der Waals surface area contributed by atoms with E-state index < -0.39 is 18.0 Å². The number of hydrogen-bond donors (Lipinski definition) is 1. The summed E-state index contributed by atoms with van der Waals surface area (Å²) in [5.41, 5.74) is 1.21. The summed E-state index contributed by atoms with van der Waals surface area (Å²) >= 11 is 0. The summed E-state index contributed by atoms with van der Waals surface area (Å²) in [7, 11) is 3.06. The maximum atomic E-state index is 12.3. The monoisotopic (exact) mass is 413 g/mol. The molecule has 3 rings (SSSR count).